The molecule has 2 aromatic rings. The zero-order valence-corrected chi connectivity index (χ0v) is 13.4. The third-order valence-corrected chi connectivity index (χ3v) is 4.90. The fraction of sp³-hybridized carbons (Fsp3) is 0.471. The lowest BCUT2D eigenvalue weighted by Gasteiger charge is -2.44. The summed E-state index contributed by atoms with van der Waals surface area (Å²) in [4.78, 5) is 14.8. The van der Waals surface area contributed by atoms with Crippen LogP contribution in [0.25, 0.3) is 0 Å². The van der Waals surface area contributed by atoms with Gasteiger partial charge in [0.15, 0.2) is 0 Å². The second-order valence-electron chi connectivity index (χ2n) is 6.48. The number of pyridine rings is 1. The molecule has 126 valence electrons. The standard InChI is InChI=1S/C17H20FN5O/c18-14-7-12(8-20-10-14)11-23-4-2-17(3-5-23)15-13(1-6-24-17)9-21-16(19)22-15/h7-10H,1-6,11H2,(H2,19,21,22). The van der Waals surface area contributed by atoms with Crippen LogP contribution in [0.5, 0.6) is 0 Å². The summed E-state index contributed by atoms with van der Waals surface area (Å²) >= 11 is 0. The number of nitrogens with zero attached hydrogens (tertiary/aromatic N) is 4. The Labute approximate surface area is 139 Å². The molecule has 4 heterocycles. The monoisotopic (exact) mass is 329 g/mol. The van der Waals surface area contributed by atoms with Gasteiger partial charge in [-0.2, -0.15) is 0 Å². The van der Waals surface area contributed by atoms with Crippen LogP contribution in [0.4, 0.5) is 10.3 Å². The molecule has 4 rings (SSSR count). The number of likely N-dealkylation sites (tertiary alicyclic amines) is 1. The van der Waals surface area contributed by atoms with Gasteiger partial charge in [0.25, 0.3) is 0 Å². The van der Waals surface area contributed by atoms with Crippen LogP contribution in [-0.2, 0) is 23.3 Å². The fourth-order valence-corrected chi connectivity index (χ4v) is 3.68. The van der Waals surface area contributed by atoms with E-state index in [1.165, 1.54) is 12.3 Å². The molecule has 2 N–H and O–H groups in total. The molecule has 0 unspecified atom stereocenters. The Morgan fingerprint density at radius 1 is 1.25 bits per heavy atom. The van der Waals surface area contributed by atoms with Crippen molar-refractivity contribution in [2.24, 2.45) is 0 Å². The topological polar surface area (TPSA) is 77.2 Å². The highest BCUT2D eigenvalue weighted by Crippen LogP contribution is 2.40. The summed E-state index contributed by atoms with van der Waals surface area (Å²) in [6, 6.07) is 1.54. The lowest BCUT2D eigenvalue weighted by molar-refractivity contribution is -0.102. The van der Waals surface area contributed by atoms with Crippen LogP contribution in [0.15, 0.2) is 24.7 Å². The van der Waals surface area contributed by atoms with Crippen LogP contribution in [0, 0.1) is 5.82 Å². The number of fused-ring (bicyclic) bond motifs is 2. The molecule has 2 aromatic heterocycles. The SMILES string of the molecule is Nc1ncc2c(n1)C1(CCN(Cc3cncc(F)c3)CC1)OCC2. The van der Waals surface area contributed by atoms with Crippen LogP contribution in [-0.4, -0.2) is 39.5 Å². The highest BCUT2D eigenvalue weighted by Gasteiger charge is 2.42. The first-order valence-electron chi connectivity index (χ1n) is 8.22. The van der Waals surface area contributed by atoms with Crippen molar-refractivity contribution in [2.45, 2.75) is 31.4 Å². The highest BCUT2D eigenvalue weighted by atomic mass is 19.1. The number of aromatic nitrogens is 3. The van der Waals surface area contributed by atoms with E-state index in [0.29, 0.717) is 19.1 Å². The number of hydrogen-bond donors (Lipinski definition) is 1. The van der Waals surface area contributed by atoms with Gasteiger partial charge in [0.1, 0.15) is 11.4 Å². The number of nitrogen functional groups attached to an aromatic ring is 1. The van der Waals surface area contributed by atoms with Crippen LogP contribution in [0.1, 0.15) is 29.7 Å². The molecule has 0 aromatic carbocycles. The summed E-state index contributed by atoms with van der Waals surface area (Å²) in [7, 11) is 0. The predicted octanol–water partition coefficient (Wildman–Crippen LogP) is 1.66. The van der Waals surface area contributed by atoms with Gasteiger partial charge >= 0.3 is 0 Å². The molecule has 7 heteroatoms. The van der Waals surface area contributed by atoms with Crippen molar-refractivity contribution in [2.75, 3.05) is 25.4 Å². The van der Waals surface area contributed by atoms with Crippen molar-refractivity contribution < 1.29 is 9.13 Å². The van der Waals surface area contributed by atoms with Crippen molar-refractivity contribution in [3.05, 3.63) is 47.3 Å². The van der Waals surface area contributed by atoms with E-state index in [0.717, 1.165) is 49.2 Å². The van der Waals surface area contributed by atoms with E-state index in [1.54, 1.807) is 6.20 Å². The minimum Gasteiger partial charge on any atom is -0.368 e. The maximum atomic E-state index is 13.3. The number of nitrogens with two attached hydrogens (primary N) is 1. The van der Waals surface area contributed by atoms with Crippen LogP contribution >= 0.6 is 0 Å². The molecule has 1 fully saturated rings. The first-order valence-corrected chi connectivity index (χ1v) is 8.22. The maximum Gasteiger partial charge on any atom is 0.220 e. The summed E-state index contributed by atoms with van der Waals surface area (Å²) in [5.41, 5.74) is 8.41. The van der Waals surface area contributed by atoms with Gasteiger partial charge in [-0.05, 0) is 36.5 Å². The molecule has 2 aliphatic heterocycles. The first-order chi connectivity index (χ1) is 11.6. The molecule has 0 saturated carbocycles. The van der Waals surface area contributed by atoms with Gasteiger partial charge < -0.3 is 10.5 Å². The van der Waals surface area contributed by atoms with E-state index < -0.39 is 0 Å². The lowest BCUT2D eigenvalue weighted by Crippen LogP contribution is -2.47. The molecule has 0 atom stereocenters. The maximum absolute atomic E-state index is 13.3. The quantitative estimate of drug-likeness (QED) is 0.903. The van der Waals surface area contributed by atoms with Crippen molar-refractivity contribution in [1.82, 2.24) is 19.9 Å². The van der Waals surface area contributed by atoms with Crippen LogP contribution in [0.3, 0.4) is 0 Å². The van der Waals surface area contributed by atoms with Gasteiger partial charge in [-0.15, -0.1) is 0 Å². The molecule has 24 heavy (non-hydrogen) atoms. The molecule has 0 amide bonds. The van der Waals surface area contributed by atoms with Crippen molar-refractivity contribution in [1.29, 1.82) is 0 Å². The van der Waals surface area contributed by atoms with E-state index in [2.05, 4.69) is 19.9 Å². The van der Waals surface area contributed by atoms with Crippen molar-refractivity contribution in [3.63, 3.8) is 0 Å². The van der Waals surface area contributed by atoms with E-state index in [9.17, 15) is 4.39 Å². The van der Waals surface area contributed by atoms with Gasteiger partial charge in [-0.1, -0.05) is 0 Å². The second kappa shape index (κ2) is 6.07. The summed E-state index contributed by atoms with van der Waals surface area (Å²) < 4.78 is 19.4. The minimum absolute atomic E-state index is 0.294. The fourth-order valence-electron chi connectivity index (χ4n) is 3.68. The third-order valence-electron chi connectivity index (χ3n) is 4.90. The summed E-state index contributed by atoms with van der Waals surface area (Å²) in [5.74, 6) is 0.00425. The molecule has 2 aliphatic rings. The normalized spacial score (nSPS) is 20.0. The molecular formula is C17H20FN5O. The Bertz CT molecular complexity index is 746. The molecule has 1 saturated heterocycles. The Balaban J connectivity index is 1.49. The van der Waals surface area contributed by atoms with E-state index in [1.807, 2.05) is 6.20 Å². The minimum atomic E-state index is -0.360. The number of ether oxygens (including phenoxy) is 1. The summed E-state index contributed by atoms with van der Waals surface area (Å²) in [5, 5.41) is 0. The van der Waals surface area contributed by atoms with E-state index in [4.69, 9.17) is 10.5 Å². The zero-order valence-electron chi connectivity index (χ0n) is 13.4. The Morgan fingerprint density at radius 3 is 2.88 bits per heavy atom. The van der Waals surface area contributed by atoms with Gasteiger partial charge in [-0.3, -0.25) is 9.88 Å². The Kier molecular flexibility index (Phi) is 3.90. The van der Waals surface area contributed by atoms with Crippen LogP contribution in [0.2, 0.25) is 0 Å². The zero-order chi connectivity index (χ0) is 16.6. The smallest absolute Gasteiger partial charge is 0.220 e. The molecule has 0 bridgehead atoms. The molecule has 1 spiro atoms. The average molecular weight is 329 g/mol. The third kappa shape index (κ3) is 2.85. The van der Waals surface area contributed by atoms with E-state index >= 15 is 0 Å². The summed E-state index contributed by atoms with van der Waals surface area (Å²) in [6.07, 6.45) is 7.29. The molecule has 0 aliphatic carbocycles. The van der Waals surface area contributed by atoms with Crippen molar-refractivity contribution >= 4 is 5.95 Å². The Hall–Kier alpha value is -2.12. The average Bonchev–Trinajstić information content (AvgIpc) is 2.58. The number of rotatable bonds is 2. The van der Waals surface area contributed by atoms with Gasteiger partial charge in [0, 0.05) is 32.0 Å². The molecule has 6 nitrogen and oxygen atoms in total. The second-order valence-corrected chi connectivity index (χ2v) is 6.48. The number of anilines is 1. The summed E-state index contributed by atoms with van der Waals surface area (Å²) in [6.45, 7) is 3.10. The Morgan fingerprint density at radius 2 is 2.08 bits per heavy atom. The predicted molar refractivity (Wildman–Crippen MR) is 86.5 cm³/mol. The first kappa shape index (κ1) is 15.4. The van der Waals surface area contributed by atoms with Gasteiger partial charge in [-0.25, -0.2) is 14.4 Å². The number of piperidine rings is 1. The van der Waals surface area contributed by atoms with Gasteiger partial charge in [0.2, 0.25) is 5.95 Å². The van der Waals surface area contributed by atoms with E-state index in [-0.39, 0.29) is 11.4 Å². The number of hydrogen-bond acceptors (Lipinski definition) is 6. The molecule has 0 radical (unpaired) electrons. The highest BCUT2D eigenvalue weighted by molar-refractivity contribution is 5.32. The largest absolute Gasteiger partial charge is 0.368 e. The lowest BCUT2D eigenvalue weighted by atomic mass is 9.83. The van der Waals surface area contributed by atoms with Crippen LogP contribution < -0.4 is 5.73 Å². The number of halogens is 1. The molecular weight excluding hydrogens is 309 g/mol. The van der Waals surface area contributed by atoms with Gasteiger partial charge in [0.05, 0.1) is 18.5 Å². The van der Waals surface area contributed by atoms with Crippen molar-refractivity contribution in [3.8, 4) is 0 Å².